The van der Waals surface area contributed by atoms with E-state index in [2.05, 4.69) is 4.98 Å². The van der Waals surface area contributed by atoms with Gasteiger partial charge in [-0.05, 0) is 49.4 Å². The number of benzene rings is 2. The molecule has 1 unspecified atom stereocenters. The summed E-state index contributed by atoms with van der Waals surface area (Å²) in [6.07, 6.45) is 2.95. The van der Waals surface area contributed by atoms with Crippen LogP contribution in [0, 0.1) is 0 Å². The smallest absolute Gasteiger partial charge is 0.268 e. The van der Waals surface area contributed by atoms with Crippen LogP contribution in [0.25, 0.3) is 22.0 Å². The molecule has 164 valence electrons. The SMILES string of the molecule is CC(C)OP(=O)([O-])OCCCCC(=O)Cc1cnc2ccccc2c1-c1ccccc1. The number of hydrogen-bond donors (Lipinski definition) is 0. The Morgan fingerprint density at radius 1 is 1.06 bits per heavy atom. The third-order valence-corrected chi connectivity index (χ3v) is 5.92. The van der Waals surface area contributed by atoms with Crippen LogP contribution in [0.15, 0.2) is 60.8 Å². The van der Waals surface area contributed by atoms with Crippen molar-refractivity contribution < 1.29 is 23.3 Å². The van der Waals surface area contributed by atoms with Gasteiger partial charge in [0.05, 0.1) is 18.2 Å². The van der Waals surface area contributed by atoms with Crippen molar-refractivity contribution in [2.45, 2.75) is 45.6 Å². The standard InChI is InChI=1S/C24H28NO5P/c1-18(2)30-31(27,28)29-15-9-8-12-21(26)16-20-17-25-23-14-7-6-13-22(23)24(20)19-10-4-3-5-11-19/h3-7,10-11,13-14,17-18H,8-9,12,15-16H2,1-2H3,(H,27,28)/p-1. The molecule has 1 aromatic heterocycles. The molecule has 0 fully saturated rings. The predicted octanol–water partition coefficient (Wildman–Crippen LogP) is 5.09. The number of hydrogen-bond acceptors (Lipinski definition) is 6. The predicted molar refractivity (Wildman–Crippen MR) is 120 cm³/mol. The van der Waals surface area contributed by atoms with E-state index < -0.39 is 13.9 Å². The third kappa shape index (κ3) is 6.81. The van der Waals surface area contributed by atoms with Crippen molar-refractivity contribution in [2.24, 2.45) is 0 Å². The normalized spacial score (nSPS) is 13.4. The minimum Gasteiger partial charge on any atom is -0.756 e. The van der Waals surface area contributed by atoms with E-state index in [9.17, 15) is 14.3 Å². The zero-order valence-electron chi connectivity index (χ0n) is 17.8. The molecule has 0 amide bonds. The van der Waals surface area contributed by atoms with Gasteiger partial charge in [-0.15, -0.1) is 0 Å². The summed E-state index contributed by atoms with van der Waals surface area (Å²) < 4.78 is 21.1. The summed E-state index contributed by atoms with van der Waals surface area (Å²) in [7, 11) is -4.27. The third-order valence-electron chi connectivity index (χ3n) is 4.74. The number of pyridine rings is 1. The number of fused-ring (bicyclic) bond motifs is 1. The fourth-order valence-corrected chi connectivity index (χ4v) is 4.38. The lowest BCUT2D eigenvalue weighted by molar-refractivity contribution is -0.228. The van der Waals surface area contributed by atoms with E-state index in [0.29, 0.717) is 19.3 Å². The minimum absolute atomic E-state index is 0.00751. The van der Waals surface area contributed by atoms with Crippen LogP contribution in [0.4, 0.5) is 0 Å². The second-order valence-electron chi connectivity index (χ2n) is 7.65. The number of unbranched alkanes of at least 4 members (excludes halogenated alkanes) is 1. The molecular weight excluding hydrogens is 413 g/mol. The Kier molecular flexibility index (Phi) is 8.10. The molecule has 2 aromatic carbocycles. The molecule has 0 aliphatic rings. The molecule has 31 heavy (non-hydrogen) atoms. The lowest BCUT2D eigenvalue weighted by Gasteiger charge is -2.24. The minimum atomic E-state index is -4.27. The zero-order chi connectivity index (χ0) is 22.3. The largest absolute Gasteiger partial charge is 0.756 e. The van der Waals surface area contributed by atoms with Gasteiger partial charge in [0.15, 0.2) is 0 Å². The van der Waals surface area contributed by atoms with Crippen molar-refractivity contribution in [1.82, 2.24) is 4.98 Å². The van der Waals surface area contributed by atoms with E-state index in [-0.39, 0.29) is 18.8 Å². The summed E-state index contributed by atoms with van der Waals surface area (Å²) in [6, 6.07) is 17.9. The van der Waals surface area contributed by atoms with Crippen molar-refractivity contribution in [3.8, 4) is 11.1 Å². The second-order valence-corrected chi connectivity index (χ2v) is 9.01. The maximum absolute atomic E-state index is 12.6. The highest BCUT2D eigenvalue weighted by molar-refractivity contribution is 7.45. The summed E-state index contributed by atoms with van der Waals surface area (Å²) in [5.74, 6) is 0.0815. The summed E-state index contributed by atoms with van der Waals surface area (Å²) in [4.78, 5) is 28.7. The number of phosphoric ester groups is 1. The Bertz CT molecular complexity index is 1070. The van der Waals surface area contributed by atoms with Crippen LogP contribution in [0.5, 0.6) is 0 Å². The van der Waals surface area contributed by atoms with E-state index in [1.54, 1.807) is 20.0 Å². The van der Waals surface area contributed by atoms with Gasteiger partial charge in [0, 0.05) is 24.4 Å². The number of rotatable bonds is 11. The van der Waals surface area contributed by atoms with Gasteiger partial charge in [-0.1, -0.05) is 48.5 Å². The van der Waals surface area contributed by atoms with E-state index in [1.807, 2.05) is 54.6 Å². The lowest BCUT2D eigenvalue weighted by atomic mass is 9.93. The molecule has 3 rings (SSSR count). The van der Waals surface area contributed by atoms with Gasteiger partial charge in [-0.2, -0.15) is 0 Å². The van der Waals surface area contributed by atoms with Crippen LogP contribution in [-0.4, -0.2) is 23.5 Å². The summed E-state index contributed by atoms with van der Waals surface area (Å²) >= 11 is 0. The van der Waals surface area contributed by atoms with E-state index in [4.69, 9.17) is 9.05 Å². The van der Waals surface area contributed by atoms with Gasteiger partial charge in [0.1, 0.15) is 5.78 Å². The molecule has 0 radical (unpaired) electrons. The molecule has 6 nitrogen and oxygen atoms in total. The molecule has 0 N–H and O–H groups in total. The van der Waals surface area contributed by atoms with E-state index in [1.165, 1.54) is 0 Å². The molecule has 1 heterocycles. The number of carbonyl (C=O) groups excluding carboxylic acids is 1. The quantitative estimate of drug-likeness (QED) is 0.305. The molecule has 7 heteroatoms. The zero-order valence-corrected chi connectivity index (χ0v) is 18.7. The van der Waals surface area contributed by atoms with Crippen molar-refractivity contribution in [2.75, 3.05) is 6.61 Å². The summed E-state index contributed by atoms with van der Waals surface area (Å²) in [5, 5.41) is 1.02. The Balaban J connectivity index is 1.63. The van der Waals surface area contributed by atoms with Crippen molar-refractivity contribution in [3.05, 3.63) is 66.4 Å². The molecule has 3 aromatic rings. The topological polar surface area (TPSA) is 88.5 Å². The van der Waals surface area contributed by atoms with Crippen molar-refractivity contribution in [1.29, 1.82) is 0 Å². The van der Waals surface area contributed by atoms with Crippen LogP contribution in [-0.2, 0) is 24.8 Å². The van der Waals surface area contributed by atoms with E-state index in [0.717, 1.165) is 27.6 Å². The number of nitrogens with zero attached hydrogens (tertiary/aromatic N) is 1. The second kappa shape index (κ2) is 10.8. The highest BCUT2D eigenvalue weighted by Crippen LogP contribution is 2.39. The fraction of sp³-hybridized carbons (Fsp3) is 0.333. The molecule has 0 saturated carbocycles. The Morgan fingerprint density at radius 2 is 1.77 bits per heavy atom. The maximum Gasteiger partial charge on any atom is 0.268 e. The molecule has 0 bridgehead atoms. The number of Topliss-reactive ketones (excluding diaryl/α,β-unsaturated/α-hetero) is 1. The van der Waals surface area contributed by atoms with Gasteiger partial charge < -0.3 is 13.9 Å². The average molecular weight is 440 g/mol. The van der Waals surface area contributed by atoms with Gasteiger partial charge in [0.2, 0.25) is 0 Å². The van der Waals surface area contributed by atoms with Crippen molar-refractivity contribution in [3.63, 3.8) is 0 Å². The first kappa shape index (κ1) is 23.3. The summed E-state index contributed by atoms with van der Waals surface area (Å²) in [6.45, 7) is 3.25. The van der Waals surface area contributed by atoms with Crippen LogP contribution in [0.3, 0.4) is 0 Å². The number of phosphoric acid groups is 1. The van der Waals surface area contributed by atoms with Crippen LogP contribution < -0.4 is 4.89 Å². The number of para-hydroxylation sites is 1. The Hall–Kier alpha value is -2.37. The molecular formula is C24H27NO5P-. The molecule has 0 aliphatic carbocycles. The lowest BCUT2D eigenvalue weighted by Crippen LogP contribution is -2.13. The van der Waals surface area contributed by atoms with Gasteiger partial charge in [-0.3, -0.25) is 14.3 Å². The number of ketones is 1. The first-order valence-electron chi connectivity index (χ1n) is 10.4. The number of carbonyl (C=O) groups is 1. The Labute approximate surface area is 182 Å². The van der Waals surface area contributed by atoms with Gasteiger partial charge >= 0.3 is 0 Å². The fourth-order valence-electron chi connectivity index (χ4n) is 3.45. The monoisotopic (exact) mass is 440 g/mol. The van der Waals surface area contributed by atoms with Crippen LogP contribution >= 0.6 is 7.82 Å². The highest BCUT2D eigenvalue weighted by Gasteiger charge is 2.15. The molecule has 0 spiro atoms. The van der Waals surface area contributed by atoms with E-state index >= 15 is 0 Å². The molecule has 0 aliphatic heterocycles. The maximum atomic E-state index is 12.6. The molecule has 1 atom stereocenters. The van der Waals surface area contributed by atoms with Crippen molar-refractivity contribution >= 4 is 24.5 Å². The summed E-state index contributed by atoms with van der Waals surface area (Å²) in [5.41, 5.74) is 3.86. The van der Waals surface area contributed by atoms with Gasteiger partial charge in [0.25, 0.3) is 7.82 Å². The Morgan fingerprint density at radius 3 is 2.52 bits per heavy atom. The van der Waals surface area contributed by atoms with Gasteiger partial charge in [-0.25, -0.2) is 0 Å². The number of aromatic nitrogens is 1. The highest BCUT2D eigenvalue weighted by atomic mass is 31.2. The average Bonchev–Trinajstić information content (AvgIpc) is 2.73. The molecule has 0 saturated heterocycles. The first-order valence-corrected chi connectivity index (χ1v) is 11.9. The van der Waals surface area contributed by atoms with Crippen LogP contribution in [0.1, 0.15) is 38.7 Å². The first-order chi connectivity index (χ1) is 14.9. The van der Waals surface area contributed by atoms with Crippen LogP contribution in [0.2, 0.25) is 0 Å².